The van der Waals surface area contributed by atoms with Gasteiger partial charge in [-0.25, -0.2) is 4.79 Å². The highest BCUT2D eigenvalue weighted by Gasteiger charge is 2.30. The molecule has 0 saturated carbocycles. The van der Waals surface area contributed by atoms with Crippen molar-refractivity contribution in [2.45, 2.75) is 12.6 Å². The van der Waals surface area contributed by atoms with E-state index in [0.717, 1.165) is 24.3 Å². The predicted molar refractivity (Wildman–Crippen MR) is 72.9 cm³/mol. The van der Waals surface area contributed by atoms with Gasteiger partial charge in [0.1, 0.15) is 0 Å². The van der Waals surface area contributed by atoms with Crippen molar-refractivity contribution in [3.05, 3.63) is 70.7 Å². The number of nitrogens with one attached hydrogen (secondary N) is 1. The van der Waals surface area contributed by atoms with Gasteiger partial charge < -0.3 is 10.3 Å². The van der Waals surface area contributed by atoms with E-state index < -0.39 is 22.7 Å². The second-order valence-electron chi connectivity index (χ2n) is 4.65. The predicted octanol–water partition coefficient (Wildman–Crippen LogP) is 1.87. The second-order valence-corrected chi connectivity index (χ2v) is 4.65. The molecular weight excluding hydrogens is 297 g/mol. The van der Waals surface area contributed by atoms with Gasteiger partial charge in [-0.2, -0.15) is 13.2 Å². The number of halogens is 3. The molecule has 1 unspecified atom stereocenters. The Labute approximate surface area is 124 Å². The molecule has 7 heteroatoms. The normalized spacial score (nSPS) is 12.9. The molecule has 0 spiro atoms. The summed E-state index contributed by atoms with van der Waals surface area (Å²) in [6.45, 7) is -0.0309. The summed E-state index contributed by atoms with van der Waals surface area (Å²) in [6.07, 6.45) is -2.58. The number of nitrogens with zero attached hydrogens (tertiary/aromatic N) is 1. The number of carbonyl (C=O) groups is 1. The molecule has 0 aliphatic carbocycles. The number of quaternary nitrogens is 1. The molecule has 1 N–H and O–H groups in total. The van der Waals surface area contributed by atoms with Crippen molar-refractivity contribution in [1.82, 2.24) is 4.98 Å². The number of benzene rings is 1. The summed E-state index contributed by atoms with van der Waals surface area (Å²) in [5.74, 6) is -0.787. The van der Waals surface area contributed by atoms with Crippen LogP contribution in [0.2, 0.25) is 0 Å². The molecule has 0 radical (unpaired) electrons. The summed E-state index contributed by atoms with van der Waals surface area (Å²) < 4.78 is 37.3. The minimum atomic E-state index is -4.47. The van der Waals surface area contributed by atoms with Gasteiger partial charge in [0, 0.05) is 18.3 Å². The fourth-order valence-corrected chi connectivity index (χ4v) is 1.87. The molecule has 0 bridgehead atoms. The van der Waals surface area contributed by atoms with Crippen LogP contribution in [0, 0.1) is 5.21 Å². The highest BCUT2D eigenvalue weighted by molar-refractivity contribution is 5.87. The van der Waals surface area contributed by atoms with E-state index in [1.165, 1.54) is 0 Å². The molecule has 1 atom stereocenters. The Bertz CT molecular complexity index is 627. The zero-order chi connectivity index (χ0) is 16.2. The van der Waals surface area contributed by atoms with E-state index in [-0.39, 0.29) is 12.1 Å². The first-order valence-electron chi connectivity index (χ1n) is 6.52. The van der Waals surface area contributed by atoms with Gasteiger partial charge in [0.15, 0.2) is 0 Å². The summed E-state index contributed by atoms with van der Waals surface area (Å²) >= 11 is 0. The second kappa shape index (κ2) is 6.67. The monoisotopic (exact) mass is 310 g/mol. The van der Waals surface area contributed by atoms with Crippen LogP contribution >= 0.6 is 0 Å². The van der Waals surface area contributed by atoms with Crippen LogP contribution in [0.5, 0.6) is 0 Å². The maximum Gasteiger partial charge on any atom is 0.416 e. The molecule has 1 amide bonds. The Morgan fingerprint density at radius 3 is 2.36 bits per heavy atom. The van der Waals surface area contributed by atoms with E-state index in [1.54, 1.807) is 24.4 Å². The molecule has 1 aromatic heterocycles. The molecule has 4 nitrogen and oxygen atoms in total. The first-order chi connectivity index (χ1) is 10.4. The molecule has 0 saturated heterocycles. The summed E-state index contributed by atoms with van der Waals surface area (Å²) in [7, 11) is 0. The number of carbonyl (C=O) groups excluding carboxylic acids is 1. The fourth-order valence-electron chi connectivity index (χ4n) is 1.87. The molecule has 1 aromatic carbocycles. The first-order valence-corrected chi connectivity index (χ1v) is 6.52. The summed E-state index contributed by atoms with van der Waals surface area (Å²) in [6, 6.07) is 8.85. The van der Waals surface area contributed by atoms with Crippen molar-refractivity contribution in [1.29, 1.82) is 0 Å². The Balaban J connectivity index is 1.98. The van der Waals surface area contributed by atoms with Gasteiger partial charge in [0.2, 0.25) is 0 Å². The number of hydrogen-bond donors (Lipinski definition) is 1. The third kappa shape index (κ3) is 4.12. The van der Waals surface area contributed by atoms with Gasteiger partial charge >= 0.3 is 12.1 Å². The van der Waals surface area contributed by atoms with E-state index in [4.69, 9.17) is 0 Å². The van der Waals surface area contributed by atoms with Gasteiger partial charge in [-0.3, -0.25) is 4.98 Å². The Hall–Kier alpha value is -2.25. The van der Waals surface area contributed by atoms with Gasteiger partial charge in [0.05, 0.1) is 17.7 Å². The number of pyridine rings is 1. The van der Waals surface area contributed by atoms with E-state index in [9.17, 15) is 23.2 Å². The van der Waals surface area contributed by atoms with Crippen LogP contribution in [0.3, 0.4) is 0 Å². The lowest BCUT2D eigenvalue weighted by molar-refractivity contribution is -0.757. The van der Waals surface area contributed by atoms with Gasteiger partial charge in [-0.15, -0.1) is 0 Å². The number of aromatic nitrogens is 1. The van der Waals surface area contributed by atoms with E-state index >= 15 is 0 Å². The van der Waals surface area contributed by atoms with Crippen LogP contribution in [-0.2, 0) is 12.6 Å². The summed E-state index contributed by atoms with van der Waals surface area (Å²) in [5, 5.41) is 11.2. The SMILES string of the molecule is O=C(c1ccc(C(F)(F)F)cc1)[NH+]([O-])CCc1ccccn1. The van der Waals surface area contributed by atoms with Gasteiger partial charge in [-0.1, -0.05) is 6.07 Å². The van der Waals surface area contributed by atoms with E-state index in [1.807, 2.05) is 0 Å². The quantitative estimate of drug-likeness (QED) is 0.877. The number of hydrogen-bond acceptors (Lipinski definition) is 3. The Morgan fingerprint density at radius 2 is 1.82 bits per heavy atom. The maximum atomic E-state index is 12.4. The molecule has 22 heavy (non-hydrogen) atoms. The van der Waals surface area contributed by atoms with Crippen LogP contribution in [-0.4, -0.2) is 17.4 Å². The highest BCUT2D eigenvalue weighted by atomic mass is 19.4. The molecular formula is C15H13F3N2O2. The minimum absolute atomic E-state index is 0.0309. The molecule has 2 aromatic rings. The number of alkyl halides is 3. The van der Waals surface area contributed by atoms with Crippen LogP contribution < -0.4 is 5.06 Å². The van der Waals surface area contributed by atoms with Crippen molar-refractivity contribution in [2.24, 2.45) is 0 Å². The third-order valence-corrected chi connectivity index (χ3v) is 3.06. The highest BCUT2D eigenvalue weighted by Crippen LogP contribution is 2.28. The molecule has 116 valence electrons. The van der Waals surface area contributed by atoms with Crippen LogP contribution in [0.15, 0.2) is 48.7 Å². The van der Waals surface area contributed by atoms with Crippen molar-refractivity contribution >= 4 is 5.91 Å². The van der Waals surface area contributed by atoms with Crippen LogP contribution in [0.1, 0.15) is 21.6 Å². The topological polar surface area (TPSA) is 57.5 Å². The summed E-state index contributed by atoms with van der Waals surface area (Å²) in [4.78, 5) is 15.9. The molecule has 2 rings (SSSR count). The average Bonchev–Trinajstić information content (AvgIpc) is 2.52. The Kier molecular flexibility index (Phi) is 4.89. The van der Waals surface area contributed by atoms with E-state index in [0.29, 0.717) is 12.1 Å². The Morgan fingerprint density at radius 1 is 1.14 bits per heavy atom. The van der Waals surface area contributed by atoms with Gasteiger partial charge in [0.25, 0.3) is 0 Å². The van der Waals surface area contributed by atoms with Crippen molar-refractivity contribution in [3.8, 4) is 0 Å². The average molecular weight is 310 g/mol. The molecule has 0 fully saturated rings. The fraction of sp³-hybridized carbons (Fsp3) is 0.200. The lowest BCUT2D eigenvalue weighted by Gasteiger charge is -2.19. The smallest absolute Gasteiger partial charge is 0.416 e. The number of amides is 1. The maximum absolute atomic E-state index is 12.4. The molecule has 0 aliphatic rings. The lowest BCUT2D eigenvalue weighted by Crippen LogP contribution is -3.10. The van der Waals surface area contributed by atoms with Gasteiger partial charge in [-0.05, 0) is 36.4 Å². The number of hydroxylamine groups is 2. The zero-order valence-corrected chi connectivity index (χ0v) is 11.4. The van der Waals surface area contributed by atoms with Crippen LogP contribution in [0.4, 0.5) is 13.2 Å². The first kappa shape index (κ1) is 16.1. The zero-order valence-electron chi connectivity index (χ0n) is 11.4. The van der Waals surface area contributed by atoms with Crippen LogP contribution in [0.25, 0.3) is 0 Å². The standard InChI is InChI=1S/C15H13F3N2O2/c16-15(17,18)12-6-4-11(5-7-12)14(21)20(22)10-8-13-3-1-2-9-19-13/h1-7,9,20H,8,10H2. The van der Waals surface area contributed by atoms with Crippen molar-refractivity contribution < 1.29 is 23.0 Å². The number of rotatable bonds is 4. The lowest BCUT2D eigenvalue weighted by atomic mass is 10.1. The third-order valence-electron chi connectivity index (χ3n) is 3.06. The van der Waals surface area contributed by atoms with E-state index in [2.05, 4.69) is 4.98 Å². The van der Waals surface area contributed by atoms with Crippen molar-refractivity contribution in [2.75, 3.05) is 6.54 Å². The van der Waals surface area contributed by atoms with Crippen molar-refractivity contribution in [3.63, 3.8) is 0 Å². The molecule has 1 heterocycles. The molecule has 0 aliphatic heterocycles. The summed E-state index contributed by atoms with van der Waals surface area (Å²) in [5.41, 5.74) is -0.222. The minimum Gasteiger partial charge on any atom is -0.626 e. The largest absolute Gasteiger partial charge is 0.626 e.